The first-order valence-corrected chi connectivity index (χ1v) is 9.14. The molecule has 3 N–H and O–H groups in total. The smallest absolute Gasteiger partial charge is 0.303 e. The van der Waals surface area contributed by atoms with E-state index in [1.165, 1.54) is 0 Å². The van der Waals surface area contributed by atoms with Gasteiger partial charge in [0.05, 0.1) is 11.4 Å². The van der Waals surface area contributed by atoms with Crippen molar-refractivity contribution in [2.45, 2.75) is 51.0 Å². The zero-order valence-corrected chi connectivity index (χ0v) is 15.1. The van der Waals surface area contributed by atoms with Gasteiger partial charge in [0.15, 0.2) is 0 Å². The van der Waals surface area contributed by atoms with E-state index in [4.69, 9.17) is 5.11 Å². The number of anilines is 2. The molecule has 0 bridgehead atoms. The highest BCUT2D eigenvalue weighted by atomic mass is 16.4. The van der Waals surface area contributed by atoms with E-state index in [0.717, 1.165) is 25.7 Å². The van der Waals surface area contributed by atoms with Gasteiger partial charge in [-0.25, -0.2) is 0 Å². The minimum atomic E-state index is -0.794. The van der Waals surface area contributed by atoms with Gasteiger partial charge in [0.1, 0.15) is 6.04 Å². The summed E-state index contributed by atoms with van der Waals surface area (Å²) in [4.78, 5) is 46.9. The molecule has 1 unspecified atom stereocenters. The lowest BCUT2D eigenvalue weighted by atomic mass is 10.1. The molecule has 146 valence electrons. The van der Waals surface area contributed by atoms with Gasteiger partial charge in [0.2, 0.25) is 18.2 Å². The summed E-state index contributed by atoms with van der Waals surface area (Å²) in [6, 6.07) is 6.70. The van der Waals surface area contributed by atoms with Crippen LogP contribution >= 0.6 is 0 Å². The maximum Gasteiger partial charge on any atom is 0.303 e. The molecule has 0 spiro atoms. The maximum absolute atomic E-state index is 12.0. The Morgan fingerprint density at radius 1 is 1.22 bits per heavy atom. The molecule has 8 nitrogen and oxygen atoms in total. The number of carboxylic acids is 1. The van der Waals surface area contributed by atoms with E-state index in [0.29, 0.717) is 30.8 Å². The van der Waals surface area contributed by atoms with Gasteiger partial charge in [-0.1, -0.05) is 25.0 Å². The number of hydrogen-bond donors (Lipinski definition) is 3. The second kappa shape index (κ2) is 10.3. The average Bonchev–Trinajstić information content (AvgIpc) is 2.64. The molecular formula is C19H25N3O5. The van der Waals surface area contributed by atoms with Crippen LogP contribution in [0.4, 0.5) is 11.4 Å². The zero-order chi connectivity index (χ0) is 19.6. The van der Waals surface area contributed by atoms with Crippen molar-refractivity contribution in [2.24, 2.45) is 0 Å². The van der Waals surface area contributed by atoms with E-state index >= 15 is 0 Å². The first kappa shape index (κ1) is 20.4. The molecule has 1 atom stereocenters. The van der Waals surface area contributed by atoms with Crippen LogP contribution in [0.15, 0.2) is 24.3 Å². The van der Waals surface area contributed by atoms with E-state index in [2.05, 4.69) is 10.6 Å². The van der Waals surface area contributed by atoms with Gasteiger partial charge in [0.25, 0.3) is 0 Å². The molecule has 2 rings (SSSR count). The lowest BCUT2D eigenvalue weighted by Crippen LogP contribution is -2.47. The molecule has 8 heteroatoms. The van der Waals surface area contributed by atoms with Crippen molar-refractivity contribution in [3.8, 4) is 0 Å². The summed E-state index contributed by atoms with van der Waals surface area (Å²) >= 11 is 0. The van der Waals surface area contributed by atoms with Crippen LogP contribution in [0.3, 0.4) is 0 Å². The number of nitrogens with one attached hydrogen (secondary N) is 2. The van der Waals surface area contributed by atoms with E-state index < -0.39 is 12.0 Å². The molecule has 1 heterocycles. The van der Waals surface area contributed by atoms with E-state index in [1.54, 1.807) is 17.0 Å². The van der Waals surface area contributed by atoms with Gasteiger partial charge in [-0.05, 0) is 31.4 Å². The summed E-state index contributed by atoms with van der Waals surface area (Å²) < 4.78 is 0. The highest BCUT2D eigenvalue weighted by Gasteiger charge is 2.27. The van der Waals surface area contributed by atoms with Crippen molar-refractivity contribution in [3.05, 3.63) is 24.3 Å². The van der Waals surface area contributed by atoms with E-state index in [1.807, 2.05) is 12.1 Å². The molecule has 3 amide bonds. The molecule has 0 aliphatic carbocycles. The zero-order valence-electron chi connectivity index (χ0n) is 15.1. The van der Waals surface area contributed by atoms with Crippen molar-refractivity contribution >= 4 is 35.6 Å². The number of amides is 3. The average molecular weight is 375 g/mol. The Morgan fingerprint density at radius 3 is 2.67 bits per heavy atom. The Bertz CT molecular complexity index is 692. The third-order valence-electron chi connectivity index (χ3n) is 4.45. The number of rotatable bonds is 11. The standard InChI is InChI=1S/C19H25N3O5/c23-13-22(12-6-2-1-3-9-18(25)26)16-8-5-4-7-14(16)20-15-10-11-17(24)21-19(15)27/h4-5,7-8,13,15,20H,1-3,6,9-12H2,(H,25,26)(H,21,24,27). The Kier molecular flexibility index (Phi) is 7.79. The number of carboxylic acid groups (broad SMARTS) is 1. The summed E-state index contributed by atoms with van der Waals surface area (Å²) in [5, 5.41) is 14.1. The van der Waals surface area contributed by atoms with E-state index in [9.17, 15) is 19.2 Å². The number of unbranched alkanes of at least 4 members (excludes halogenated alkanes) is 3. The number of para-hydroxylation sites is 2. The second-order valence-corrected chi connectivity index (χ2v) is 6.52. The molecule has 1 saturated heterocycles. The molecule has 1 fully saturated rings. The second-order valence-electron chi connectivity index (χ2n) is 6.52. The van der Waals surface area contributed by atoms with Crippen LogP contribution in [0.5, 0.6) is 0 Å². The number of imide groups is 1. The third-order valence-corrected chi connectivity index (χ3v) is 4.45. The highest BCUT2D eigenvalue weighted by molar-refractivity contribution is 6.01. The summed E-state index contributed by atoms with van der Waals surface area (Å²) in [7, 11) is 0. The Labute approximate surface area is 157 Å². The lowest BCUT2D eigenvalue weighted by molar-refractivity contribution is -0.137. The topological polar surface area (TPSA) is 116 Å². The minimum absolute atomic E-state index is 0.163. The van der Waals surface area contributed by atoms with Crippen LogP contribution in [-0.2, 0) is 19.2 Å². The first-order valence-electron chi connectivity index (χ1n) is 9.14. The van der Waals surface area contributed by atoms with Gasteiger partial charge in [-0.2, -0.15) is 0 Å². The number of benzene rings is 1. The molecule has 1 aromatic carbocycles. The molecule has 0 aromatic heterocycles. The van der Waals surface area contributed by atoms with Gasteiger partial charge in [-0.3, -0.25) is 24.5 Å². The first-order chi connectivity index (χ1) is 13.0. The maximum atomic E-state index is 12.0. The molecule has 0 saturated carbocycles. The Hall–Kier alpha value is -2.90. The van der Waals surface area contributed by atoms with Crippen LogP contribution in [0.2, 0.25) is 0 Å². The van der Waals surface area contributed by atoms with Gasteiger partial charge < -0.3 is 15.3 Å². The lowest BCUT2D eigenvalue weighted by Gasteiger charge is -2.26. The predicted octanol–water partition coefficient (Wildman–Crippen LogP) is 1.90. The molecule has 27 heavy (non-hydrogen) atoms. The summed E-state index contributed by atoms with van der Waals surface area (Å²) in [5.74, 6) is -1.43. The van der Waals surface area contributed by atoms with Crippen molar-refractivity contribution in [3.63, 3.8) is 0 Å². The molecule has 1 aromatic rings. The number of nitrogens with zero attached hydrogens (tertiary/aromatic N) is 1. The van der Waals surface area contributed by atoms with Gasteiger partial charge in [0, 0.05) is 19.4 Å². The molecular weight excluding hydrogens is 350 g/mol. The number of carbonyl (C=O) groups is 4. The third kappa shape index (κ3) is 6.40. The quantitative estimate of drug-likeness (QED) is 0.309. The van der Waals surface area contributed by atoms with Gasteiger partial charge in [-0.15, -0.1) is 0 Å². The molecule has 1 aliphatic rings. The van der Waals surface area contributed by atoms with Crippen molar-refractivity contribution in [1.29, 1.82) is 0 Å². The van der Waals surface area contributed by atoms with Gasteiger partial charge >= 0.3 is 5.97 Å². The van der Waals surface area contributed by atoms with Crippen LogP contribution in [0.1, 0.15) is 44.9 Å². The fourth-order valence-corrected chi connectivity index (χ4v) is 3.01. The Balaban J connectivity index is 1.93. The summed E-state index contributed by atoms with van der Waals surface area (Å²) in [5.41, 5.74) is 1.33. The number of hydrogen-bond acceptors (Lipinski definition) is 5. The predicted molar refractivity (Wildman–Crippen MR) is 100 cm³/mol. The summed E-state index contributed by atoms with van der Waals surface area (Å²) in [6.07, 6.45) is 4.62. The number of aliphatic carboxylic acids is 1. The monoisotopic (exact) mass is 375 g/mol. The van der Waals surface area contributed by atoms with E-state index in [-0.39, 0.29) is 24.7 Å². The van der Waals surface area contributed by atoms with Crippen molar-refractivity contribution in [1.82, 2.24) is 5.32 Å². The Morgan fingerprint density at radius 2 is 1.96 bits per heavy atom. The molecule has 1 aliphatic heterocycles. The normalized spacial score (nSPS) is 16.5. The van der Waals surface area contributed by atoms with Crippen LogP contribution in [0.25, 0.3) is 0 Å². The molecule has 0 radical (unpaired) electrons. The van der Waals surface area contributed by atoms with Crippen molar-refractivity contribution in [2.75, 3.05) is 16.8 Å². The number of piperidine rings is 1. The van der Waals surface area contributed by atoms with Crippen LogP contribution < -0.4 is 15.5 Å². The minimum Gasteiger partial charge on any atom is -0.481 e. The van der Waals surface area contributed by atoms with Crippen LogP contribution in [-0.4, -0.2) is 41.9 Å². The van der Waals surface area contributed by atoms with Crippen LogP contribution in [0, 0.1) is 0 Å². The number of carbonyl (C=O) groups excluding carboxylic acids is 3. The fourth-order valence-electron chi connectivity index (χ4n) is 3.01. The summed E-state index contributed by atoms with van der Waals surface area (Å²) in [6.45, 7) is 0.505. The SMILES string of the molecule is O=CN(CCCCCCC(=O)O)c1ccccc1NC1CCC(=O)NC1=O. The van der Waals surface area contributed by atoms with Crippen molar-refractivity contribution < 1.29 is 24.3 Å². The largest absolute Gasteiger partial charge is 0.481 e. The highest BCUT2D eigenvalue weighted by Crippen LogP contribution is 2.27. The fraction of sp³-hybridized carbons (Fsp3) is 0.474.